The molecule has 0 fully saturated rings. The van der Waals surface area contributed by atoms with Crippen LogP contribution in [0.3, 0.4) is 0 Å². The van der Waals surface area contributed by atoms with Gasteiger partial charge in [0.1, 0.15) is 5.78 Å². The van der Waals surface area contributed by atoms with Gasteiger partial charge in [0.25, 0.3) is 0 Å². The van der Waals surface area contributed by atoms with Gasteiger partial charge in [-0.2, -0.15) is 0 Å². The third-order valence-electron chi connectivity index (χ3n) is 2.07. The molecule has 0 amide bonds. The van der Waals surface area contributed by atoms with Gasteiger partial charge in [-0.3, -0.25) is 4.39 Å². The Hall–Kier alpha value is -1.32. The van der Waals surface area contributed by atoms with Gasteiger partial charge in [0.2, 0.25) is 0 Å². The van der Waals surface area contributed by atoms with Crippen molar-refractivity contribution in [3.8, 4) is 0 Å². The molecule has 0 saturated carbocycles. The number of rotatable bonds is 2. The zero-order valence-electron chi connectivity index (χ0n) is 8.26. The van der Waals surface area contributed by atoms with Crippen molar-refractivity contribution >= 4 is 5.78 Å². The summed E-state index contributed by atoms with van der Waals surface area (Å²) in [5.41, 5.74) is 0.461. The summed E-state index contributed by atoms with van der Waals surface area (Å²) in [6.07, 6.45) is 0. The normalized spacial score (nSPS) is 9.31. The average Bonchev–Trinajstić information content (AvgIpc) is 2.30. The maximum Gasteiger partial charge on any atom is 1.00 e. The van der Waals surface area contributed by atoms with Crippen LogP contribution < -0.4 is 0 Å². The number of carbonyl (C=O) groups excluding carboxylic acids is 1. The smallest absolute Gasteiger partial charge is 0.346 e. The minimum atomic E-state index is -0.536. The first-order chi connectivity index (χ1) is 7.29. The Morgan fingerprint density at radius 1 is 1.06 bits per heavy atom. The van der Waals surface area contributed by atoms with E-state index in [4.69, 9.17) is 0 Å². The first kappa shape index (κ1) is 12.7. The fourth-order valence-corrected chi connectivity index (χ4v) is 1.32. The zero-order chi connectivity index (χ0) is 10.7. The van der Waals surface area contributed by atoms with Crippen LogP contribution in [0.4, 0.5) is 4.39 Å². The van der Waals surface area contributed by atoms with Gasteiger partial charge in [0.15, 0.2) is 0 Å². The molecule has 0 aromatic heterocycles. The van der Waals surface area contributed by atoms with Crippen LogP contribution in [0.15, 0.2) is 48.5 Å². The molecule has 0 aliphatic rings. The Morgan fingerprint density at radius 3 is 2.38 bits per heavy atom. The second-order valence-corrected chi connectivity index (χ2v) is 3.09. The number of hydrogen-bond acceptors (Lipinski definition) is 1. The van der Waals surface area contributed by atoms with E-state index in [1.807, 2.05) is 6.07 Å². The zero-order valence-corrected chi connectivity index (χ0v) is 10.8. The molecule has 0 aliphatic heterocycles. The first-order valence-corrected chi connectivity index (χ1v) is 4.55. The van der Waals surface area contributed by atoms with Gasteiger partial charge in [-0.15, -0.1) is 24.3 Å². The fraction of sp³-hybridized carbons (Fsp3) is 0. The van der Waals surface area contributed by atoms with E-state index in [0.717, 1.165) is 0 Å². The molecule has 0 saturated heterocycles. The van der Waals surface area contributed by atoms with Gasteiger partial charge in [-0.1, -0.05) is 35.9 Å². The molecule has 2 rings (SSSR count). The van der Waals surface area contributed by atoms with Crippen LogP contribution in [0, 0.1) is 11.9 Å². The molecule has 0 unspecified atom stereocenters. The largest absolute Gasteiger partial charge is 1.00 e. The maximum absolute atomic E-state index is 13.3. The molecule has 2 aromatic rings. The second-order valence-electron chi connectivity index (χ2n) is 3.09. The quantitative estimate of drug-likeness (QED) is 0.570. The minimum absolute atomic E-state index is 0. The number of ketones is 1. The van der Waals surface area contributed by atoms with E-state index < -0.39 is 5.82 Å². The number of hydrogen-bond donors (Lipinski definition) is 0. The van der Waals surface area contributed by atoms with Gasteiger partial charge in [-0.25, -0.2) is 0 Å². The van der Waals surface area contributed by atoms with Crippen molar-refractivity contribution in [3.05, 3.63) is 71.5 Å². The van der Waals surface area contributed by atoms with Gasteiger partial charge in [-0.05, 0) is 5.56 Å². The summed E-state index contributed by atoms with van der Waals surface area (Å²) < 4.78 is 13.3. The van der Waals surface area contributed by atoms with Crippen LogP contribution in [0.5, 0.6) is 0 Å². The molecule has 16 heavy (non-hydrogen) atoms. The minimum Gasteiger partial charge on any atom is -0.346 e. The Labute approximate surface area is 106 Å². The fourth-order valence-electron chi connectivity index (χ4n) is 1.32. The summed E-state index contributed by atoms with van der Waals surface area (Å²) in [6, 6.07) is 15.5. The third-order valence-corrected chi connectivity index (χ3v) is 2.07. The Morgan fingerprint density at radius 2 is 1.75 bits per heavy atom. The van der Waals surface area contributed by atoms with Gasteiger partial charge >= 0.3 is 19.8 Å². The average molecular weight is 389 g/mol. The molecule has 81 valence electrons. The monoisotopic (exact) mass is 391 g/mol. The van der Waals surface area contributed by atoms with E-state index in [1.165, 1.54) is 18.2 Å². The van der Waals surface area contributed by atoms with E-state index in [2.05, 4.69) is 6.07 Å². The van der Waals surface area contributed by atoms with Crippen molar-refractivity contribution in [3.63, 3.8) is 0 Å². The van der Waals surface area contributed by atoms with Crippen LogP contribution >= 0.6 is 0 Å². The maximum atomic E-state index is 13.3. The predicted molar refractivity (Wildman–Crippen MR) is 55.1 cm³/mol. The SMILES string of the molecule is O=C(c1ccccc1)c1[c-]cccc1F.[Os+]. The van der Waals surface area contributed by atoms with Crippen molar-refractivity contribution in [1.29, 1.82) is 0 Å². The first-order valence-electron chi connectivity index (χ1n) is 4.55. The summed E-state index contributed by atoms with van der Waals surface area (Å²) >= 11 is 0. The summed E-state index contributed by atoms with van der Waals surface area (Å²) in [6.45, 7) is 0. The molecule has 1 radical (unpaired) electrons. The molecule has 0 aliphatic carbocycles. The topological polar surface area (TPSA) is 17.1 Å². The van der Waals surface area contributed by atoms with Crippen molar-refractivity contribution < 1.29 is 29.0 Å². The number of halogens is 1. The number of benzene rings is 2. The van der Waals surface area contributed by atoms with Crippen molar-refractivity contribution in [2.45, 2.75) is 0 Å². The van der Waals surface area contributed by atoms with E-state index in [-0.39, 0.29) is 31.1 Å². The summed E-state index contributed by atoms with van der Waals surface area (Å²) in [5, 5.41) is 0. The molecule has 0 N–H and O–H groups in total. The second kappa shape index (κ2) is 5.68. The molecule has 2 aromatic carbocycles. The summed E-state index contributed by atoms with van der Waals surface area (Å²) in [4.78, 5) is 11.8. The third kappa shape index (κ3) is 2.62. The summed E-state index contributed by atoms with van der Waals surface area (Å²) in [7, 11) is 0. The molecule has 0 spiro atoms. The Kier molecular flexibility index (Phi) is 4.52. The van der Waals surface area contributed by atoms with Crippen LogP contribution in [0.1, 0.15) is 15.9 Å². The number of carbonyl (C=O) groups is 1. The van der Waals surface area contributed by atoms with Crippen molar-refractivity contribution in [1.82, 2.24) is 0 Å². The molecule has 0 bridgehead atoms. The Bertz CT molecular complexity index is 482. The van der Waals surface area contributed by atoms with Gasteiger partial charge < -0.3 is 4.79 Å². The molecule has 0 heterocycles. The molecular formula is C13H8FOOs. The molecular weight excluding hydrogens is 381 g/mol. The van der Waals surface area contributed by atoms with Crippen LogP contribution in [-0.4, -0.2) is 5.78 Å². The molecule has 0 atom stereocenters. The standard InChI is InChI=1S/C13H8FO.Os/c14-12-9-5-4-8-11(12)13(15)10-6-2-1-3-7-10;/h1-7,9H;/q-1;+1. The molecule has 3 heteroatoms. The van der Waals surface area contributed by atoms with Gasteiger partial charge in [0.05, 0.1) is 0 Å². The van der Waals surface area contributed by atoms with Crippen LogP contribution in [0.25, 0.3) is 0 Å². The molecule has 1 nitrogen and oxygen atoms in total. The van der Waals surface area contributed by atoms with Crippen LogP contribution in [-0.2, 0) is 19.8 Å². The predicted octanol–water partition coefficient (Wildman–Crippen LogP) is 2.85. The van der Waals surface area contributed by atoms with Crippen molar-refractivity contribution in [2.24, 2.45) is 0 Å². The van der Waals surface area contributed by atoms with E-state index >= 15 is 0 Å². The van der Waals surface area contributed by atoms with E-state index in [9.17, 15) is 9.18 Å². The van der Waals surface area contributed by atoms with Gasteiger partial charge in [0, 0.05) is 5.82 Å². The summed E-state index contributed by atoms with van der Waals surface area (Å²) in [5.74, 6) is -0.875. The van der Waals surface area contributed by atoms with Crippen molar-refractivity contribution in [2.75, 3.05) is 0 Å². The van der Waals surface area contributed by atoms with Crippen LogP contribution in [0.2, 0.25) is 0 Å². The Balaban J connectivity index is 0.00000128. The van der Waals surface area contributed by atoms with E-state index in [0.29, 0.717) is 5.56 Å². The van der Waals surface area contributed by atoms with E-state index in [1.54, 1.807) is 24.3 Å².